The standard InChI is InChI=1S/C14H20F3N3O/c1-2-20(10-14(15,16)17)9-3-4-13(21)19-12-7-5-11(18)6-8-12/h5-8H,2-4,9-10,18H2,1H3,(H,19,21). The van der Waals surface area contributed by atoms with Gasteiger partial charge in [0, 0.05) is 17.8 Å². The van der Waals surface area contributed by atoms with Crippen LogP contribution in [0.3, 0.4) is 0 Å². The van der Waals surface area contributed by atoms with Crippen molar-refractivity contribution in [2.45, 2.75) is 25.9 Å². The zero-order valence-corrected chi connectivity index (χ0v) is 11.9. The number of rotatable bonds is 7. The highest BCUT2D eigenvalue weighted by molar-refractivity contribution is 5.90. The molecule has 1 amide bonds. The second-order valence-corrected chi connectivity index (χ2v) is 4.76. The van der Waals surface area contributed by atoms with E-state index >= 15 is 0 Å². The predicted molar refractivity (Wildman–Crippen MR) is 76.9 cm³/mol. The summed E-state index contributed by atoms with van der Waals surface area (Å²) in [5.41, 5.74) is 6.74. The Labute approximate surface area is 122 Å². The van der Waals surface area contributed by atoms with E-state index in [2.05, 4.69) is 5.32 Å². The van der Waals surface area contributed by atoms with Crippen molar-refractivity contribution in [2.75, 3.05) is 30.7 Å². The molecule has 4 nitrogen and oxygen atoms in total. The smallest absolute Gasteiger partial charge is 0.399 e. The number of alkyl halides is 3. The quantitative estimate of drug-likeness (QED) is 0.762. The Morgan fingerprint density at radius 3 is 2.43 bits per heavy atom. The molecule has 0 aliphatic heterocycles. The van der Waals surface area contributed by atoms with E-state index in [4.69, 9.17) is 5.73 Å². The molecule has 0 aromatic heterocycles. The molecule has 118 valence electrons. The Kier molecular flexibility index (Phi) is 6.48. The fraction of sp³-hybridized carbons (Fsp3) is 0.500. The lowest BCUT2D eigenvalue weighted by Gasteiger charge is -2.21. The minimum Gasteiger partial charge on any atom is -0.399 e. The summed E-state index contributed by atoms with van der Waals surface area (Å²) in [5.74, 6) is -0.220. The third kappa shape index (κ3) is 7.55. The number of amides is 1. The van der Waals surface area contributed by atoms with Crippen molar-refractivity contribution in [1.82, 2.24) is 4.90 Å². The fourth-order valence-corrected chi connectivity index (χ4v) is 1.86. The number of nitrogens with zero attached hydrogens (tertiary/aromatic N) is 1. The summed E-state index contributed by atoms with van der Waals surface area (Å²) in [6.45, 7) is 1.27. The highest BCUT2D eigenvalue weighted by Gasteiger charge is 2.29. The maximum atomic E-state index is 12.3. The van der Waals surface area contributed by atoms with E-state index in [1.807, 2.05) is 0 Å². The summed E-state index contributed by atoms with van der Waals surface area (Å²) >= 11 is 0. The first-order chi connectivity index (χ1) is 9.80. The zero-order chi connectivity index (χ0) is 15.9. The van der Waals surface area contributed by atoms with Gasteiger partial charge in [-0.25, -0.2) is 0 Å². The molecular weight excluding hydrogens is 283 g/mol. The van der Waals surface area contributed by atoms with Gasteiger partial charge in [0.2, 0.25) is 5.91 Å². The lowest BCUT2D eigenvalue weighted by atomic mass is 10.2. The summed E-state index contributed by atoms with van der Waals surface area (Å²) in [6, 6.07) is 6.68. The summed E-state index contributed by atoms with van der Waals surface area (Å²) in [4.78, 5) is 12.9. The minimum atomic E-state index is -4.21. The number of nitrogens with one attached hydrogen (secondary N) is 1. The van der Waals surface area contributed by atoms with E-state index in [1.54, 1.807) is 31.2 Å². The van der Waals surface area contributed by atoms with Gasteiger partial charge in [-0.05, 0) is 43.8 Å². The van der Waals surface area contributed by atoms with Gasteiger partial charge in [0.05, 0.1) is 6.54 Å². The van der Waals surface area contributed by atoms with Crippen molar-refractivity contribution >= 4 is 17.3 Å². The second-order valence-electron chi connectivity index (χ2n) is 4.76. The summed E-state index contributed by atoms with van der Waals surface area (Å²) in [6.07, 6.45) is -3.65. The largest absolute Gasteiger partial charge is 0.401 e. The van der Waals surface area contributed by atoms with Gasteiger partial charge in [0.25, 0.3) is 0 Å². The number of carbonyl (C=O) groups excluding carboxylic acids is 1. The van der Waals surface area contributed by atoms with Gasteiger partial charge in [-0.3, -0.25) is 9.69 Å². The van der Waals surface area contributed by atoms with E-state index in [9.17, 15) is 18.0 Å². The average Bonchev–Trinajstić information content (AvgIpc) is 2.39. The number of anilines is 2. The number of nitrogens with two attached hydrogens (primary N) is 1. The van der Waals surface area contributed by atoms with Crippen LogP contribution in [0.15, 0.2) is 24.3 Å². The van der Waals surface area contributed by atoms with E-state index in [-0.39, 0.29) is 18.9 Å². The molecule has 3 N–H and O–H groups in total. The van der Waals surface area contributed by atoms with Crippen LogP contribution in [-0.4, -0.2) is 36.6 Å². The Hall–Kier alpha value is -1.76. The molecule has 7 heteroatoms. The van der Waals surface area contributed by atoms with Crippen LogP contribution in [0.25, 0.3) is 0 Å². The van der Waals surface area contributed by atoms with Crippen LogP contribution in [0, 0.1) is 0 Å². The number of hydrogen-bond acceptors (Lipinski definition) is 3. The Morgan fingerprint density at radius 1 is 1.29 bits per heavy atom. The van der Waals surface area contributed by atoms with E-state index in [1.165, 1.54) is 4.90 Å². The van der Waals surface area contributed by atoms with Gasteiger partial charge in [-0.1, -0.05) is 6.92 Å². The van der Waals surface area contributed by atoms with Crippen molar-refractivity contribution in [3.05, 3.63) is 24.3 Å². The Morgan fingerprint density at radius 2 is 1.90 bits per heavy atom. The Bertz CT molecular complexity index is 446. The first kappa shape index (κ1) is 17.3. The van der Waals surface area contributed by atoms with Crippen LogP contribution in [0.4, 0.5) is 24.5 Å². The Balaban J connectivity index is 2.31. The maximum Gasteiger partial charge on any atom is 0.401 e. The number of benzene rings is 1. The average molecular weight is 303 g/mol. The van der Waals surface area contributed by atoms with Crippen molar-refractivity contribution in [3.8, 4) is 0 Å². The molecule has 0 heterocycles. The van der Waals surface area contributed by atoms with Gasteiger partial charge < -0.3 is 11.1 Å². The molecule has 0 fully saturated rings. The second kappa shape index (κ2) is 7.87. The zero-order valence-electron chi connectivity index (χ0n) is 11.9. The lowest BCUT2D eigenvalue weighted by molar-refractivity contribution is -0.145. The van der Waals surface area contributed by atoms with Gasteiger partial charge >= 0.3 is 6.18 Å². The molecule has 0 aliphatic carbocycles. The molecule has 0 aliphatic rings. The van der Waals surface area contributed by atoms with Crippen molar-refractivity contribution in [3.63, 3.8) is 0 Å². The number of hydrogen-bond donors (Lipinski definition) is 2. The lowest BCUT2D eigenvalue weighted by Crippen LogP contribution is -2.35. The monoisotopic (exact) mass is 303 g/mol. The first-order valence-electron chi connectivity index (χ1n) is 6.74. The third-order valence-corrected chi connectivity index (χ3v) is 2.92. The molecule has 1 aromatic rings. The van der Waals surface area contributed by atoms with Gasteiger partial charge in [-0.15, -0.1) is 0 Å². The van der Waals surface area contributed by atoms with E-state index in [0.717, 1.165) is 0 Å². The molecule has 0 atom stereocenters. The van der Waals surface area contributed by atoms with Crippen LogP contribution in [0.5, 0.6) is 0 Å². The molecule has 1 rings (SSSR count). The topological polar surface area (TPSA) is 58.4 Å². The molecule has 0 radical (unpaired) electrons. The van der Waals surface area contributed by atoms with Crippen LogP contribution in [0.2, 0.25) is 0 Å². The van der Waals surface area contributed by atoms with Crippen LogP contribution < -0.4 is 11.1 Å². The predicted octanol–water partition coefficient (Wildman–Crippen LogP) is 2.87. The molecule has 0 unspecified atom stereocenters. The highest BCUT2D eigenvalue weighted by atomic mass is 19.4. The van der Waals surface area contributed by atoms with E-state index in [0.29, 0.717) is 24.3 Å². The number of carbonyl (C=O) groups is 1. The SMILES string of the molecule is CCN(CCCC(=O)Nc1ccc(N)cc1)CC(F)(F)F. The first-order valence-corrected chi connectivity index (χ1v) is 6.74. The normalized spacial score (nSPS) is 11.7. The maximum absolute atomic E-state index is 12.3. The molecule has 0 spiro atoms. The van der Waals surface area contributed by atoms with Crippen LogP contribution in [-0.2, 0) is 4.79 Å². The highest BCUT2D eigenvalue weighted by Crippen LogP contribution is 2.16. The van der Waals surface area contributed by atoms with Crippen molar-refractivity contribution < 1.29 is 18.0 Å². The molecule has 0 saturated heterocycles. The number of nitrogen functional groups attached to an aromatic ring is 1. The third-order valence-electron chi connectivity index (χ3n) is 2.92. The number of halogens is 3. The van der Waals surface area contributed by atoms with Crippen LogP contribution in [0.1, 0.15) is 19.8 Å². The van der Waals surface area contributed by atoms with Crippen molar-refractivity contribution in [1.29, 1.82) is 0 Å². The fourth-order valence-electron chi connectivity index (χ4n) is 1.86. The van der Waals surface area contributed by atoms with E-state index < -0.39 is 12.7 Å². The minimum absolute atomic E-state index is 0.179. The van der Waals surface area contributed by atoms with Crippen molar-refractivity contribution in [2.24, 2.45) is 0 Å². The summed E-state index contributed by atoms with van der Waals surface area (Å²) in [5, 5.41) is 2.67. The summed E-state index contributed by atoms with van der Waals surface area (Å²) in [7, 11) is 0. The van der Waals surface area contributed by atoms with Crippen LogP contribution >= 0.6 is 0 Å². The van der Waals surface area contributed by atoms with Gasteiger partial charge in [-0.2, -0.15) is 13.2 Å². The molecule has 0 saturated carbocycles. The molecule has 0 bridgehead atoms. The molecule has 21 heavy (non-hydrogen) atoms. The van der Waals surface area contributed by atoms with Gasteiger partial charge in [0.15, 0.2) is 0 Å². The molecular formula is C14H20F3N3O. The molecule has 1 aromatic carbocycles. The van der Waals surface area contributed by atoms with Gasteiger partial charge in [0.1, 0.15) is 0 Å². The summed E-state index contributed by atoms with van der Waals surface area (Å²) < 4.78 is 36.8.